The van der Waals surface area contributed by atoms with Gasteiger partial charge in [-0.3, -0.25) is 0 Å². The fraction of sp³-hybridized carbons (Fsp3) is 0.314. The van der Waals surface area contributed by atoms with E-state index in [2.05, 4.69) is 54.8 Å². The van der Waals surface area contributed by atoms with Gasteiger partial charge in [0.05, 0.1) is 11.3 Å². The van der Waals surface area contributed by atoms with Crippen molar-refractivity contribution in [2.24, 2.45) is 4.99 Å². The molecule has 0 radical (unpaired) electrons. The maximum atomic E-state index is 11.5. The number of carboxylic acids is 1. The summed E-state index contributed by atoms with van der Waals surface area (Å²) in [6.45, 7) is 4.52. The van der Waals surface area contributed by atoms with Crippen LogP contribution in [0.2, 0.25) is 0 Å². The maximum Gasteiger partial charge on any atom is 0.335 e. The van der Waals surface area contributed by atoms with Gasteiger partial charge < -0.3 is 18.8 Å². The number of benzene rings is 3. The molecule has 0 saturated heterocycles. The van der Waals surface area contributed by atoms with Gasteiger partial charge in [-0.15, -0.1) is 0 Å². The van der Waals surface area contributed by atoms with Crippen LogP contribution in [0.4, 0.5) is 0 Å². The van der Waals surface area contributed by atoms with Crippen molar-refractivity contribution >= 4 is 33.7 Å². The van der Waals surface area contributed by atoms with Crippen LogP contribution in [0.5, 0.6) is 0 Å². The van der Waals surface area contributed by atoms with Gasteiger partial charge in [0, 0.05) is 39.0 Å². The van der Waals surface area contributed by atoms with E-state index >= 15 is 0 Å². The Kier molecular flexibility index (Phi) is 6.41. The van der Waals surface area contributed by atoms with Crippen molar-refractivity contribution < 1.29 is 19.1 Å². The van der Waals surface area contributed by atoms with Gasteiger partial charge in [-0.25, -0.2) is 9.79 Å². The van der Waals surface area contributed by atoms with E-state index in [0.717, 1.165) is 53.5 Å². The summed E-state index contributed by atoms with van der Waals surface area (Å²) >= 11 is 0. The molecular formula is C35H34N2O4. The van der Waals surface area contributed by atoms with Gasteiger partial charge in [-0.05, 0) is 49.2 Å². The lowest BCUT2D eigenvalue weighted by Crippen LogP contribution is -2.20. The van der Waals surface area contributed by atoms with Crippen LogP contribution in [-0.2, 0) is 4.74 Å². The Morgan fingerprint density at radius 1 is 0.902 bits per heavy atom. The highest BCUT2D eigenvalue weighted by atomic mass is 16.5. The molecule has 7 rings (SSSR count). The van der Waals surface area contributed by atoms with Gasteiger partial charge in [-0.2, -0.15) is 0 Å². The van der Waals surface area contributed by atoms with E-state index < -0.39 is 12.1 Å². The topological polar surface area (TPSA) is 77.0 Å². The van der Waals surface area contributed by atoms with E-state index in [1.54, 1.807) is 24.3 Å². The predicted octanol–water partition coefficient (Wildman–Crippen LogP) is 9.25. The molecule has 3 aromatic carbocycles. The number of fused-ring (bicyclic) bond motifs is 10. The van der Waals surface area contributed by atoms with E-state index in [-0.39, 0.29) is 11.6 Å². The van der Waals surface area contributed by atoms with Crippen LogP contribution in [0.1, 0.15) is 97.9 Å². The number of ether oxygens (including phenoxy) is 1. The Morgan fingerprint density at radius 2 is 1.59 bits per heavy atom. The predicted molar refractivity (Wildman–Crippen MR) is 162 cm³/mol. The molecule has 2 aromatic heterocycles. The molecule has 0 saturated carbocycles. The molecule has 41 heavy (non-hydrogen) atoms. The normalized spacial score (nSPS) is 17.4. The van der Waals surface area contributed by atoms with E-state index in [0.29, 0.717) is 11.9 Å². The second-order valence-corrected chi connectivity index (χ2v) is 11.2. The van der Waals surface area contributed by atoms with Gasteiger partial charge >= 0.3 is 5.97 Å². The summed E-state index contributed by atoms with van der Waals surface area (Å²) in [6, 6.07) is 23.8. The molecule has 0 spiro atoms. The Labute approximate surface area is 239 Å². The summed E-state index contributed by atoms with van der Waals surface area (Å²) in [5.74, 6) is 0.378. The Bertz CT molecular complexity index is 1780. The molecule has 2 atom stereocenters. The number of furan rings is 1. The number of aromatic nitrogens is 1. The quantitative estimate of drug-likeness (QED) is 0.200. The number of para-hydroxylation sites is 2. The van der Waals surface area contributed by atoms with Crippen LogP contribution in [0, 0.1) is 0 Å². The highest BCUT2D eigenvalue weighted by Gasteiger charge is 2.47. The average Bonchev–Trinajstić information content (AvgIpc) is 3.69. The molecule has 1 aliphatic heterocycles. The first-order valence-corrected chi connectivity index (χ1v) is 14.8. The number of aliphatic imine (C=N–C) groups is 1. The number of hydrogen-bond acceptors (Lipinski definition) is 4. The minimum Gasteiger partial charge on any atom is -0.478 e. The minimum atomic E-state index is -0.953. The van der Waals surface area contributed by atoms with Crippen LogP contribution < -0.4 is 0 Å². The number of unbranched alkanes of at least 4 members (excludes halogenated alkanes) is 2. The summed E-state index contributed by atoms with van der Waals surface area (Å²) in [5, 5.41) is 11.7. The zero-order valence-electron chi connectivity index (χ0n) is 23.5. The van der Waals surface area contributed by atoms with Crippen LogP contribution in [0.25, 0.3) is 33.0 Å². The summed E-state index contributed by atoms with van der Waals surface area (Å²) in [7, 11) is 0. The van der Waals surface area contributed by atoms with E-state index in [1.807, 2.05) is 12.1 Å². The SMILES string of the molecule is CCCCC(CCCC)n1c2c(c3ccccc31)-c1c(oc3ccccc13)C1OC(c3ccc(C(=O)O)cc3)=NC21. The molecule has 6 heteroatoms. The summed E-state index contributed by atoms with van der Waals surface area (Å²) in [6.07, 6.45) is 6.49. The van der Waals surface area contributed by atoms with Crippen molar-refractivity contribution in [2.45, 2.75) is 70.6 Å². The lowest BCUT2D eigenvalue weighted by molar-refractivity contribution is 0.0697. The van der Waals surface area contributed by atoms with Crippen LogP contribution in [0.3, 0.4) is 0 Å². The van der Waals surface area contributed by atoms with Crippen molar-refractivity contribution in [3.05, 3.63) is 95.4 Å². The molecule has 0 fully saturated rings. The van der Waals surface area contributed by atoms with E-state index in [4.69, 9.17) is 14.1 Å². The molecular weight excluding hydrogens is 512 g/mol. The van der Waals surface area contributed by atoms with Crippen molar-refractivity contribution in [1.29, 1.82) is 0 Å². The average molecular weight is 547 g/mol. The van der Waals surface area contributed by atoms with Gasteiger partial charge in [0.25, 0.3) is 0 Å². The molecule has 2 aliphatic rings. The van der Waals surface area contributed by atoms with Crippen molar-refractivity contribution in [2.75, 3.05) is 0 Å². The first-order chi connectivity index (χ1) is 20.1. The summed E-state index contributed by atoms with van der Waals surface area (Å²) in [4.78, 5) is 16.7. The highest BCUT2D eigenvalue weighted by Crippen LogP contribution is 2.58. The Morgan fingerprint density at radius 3 is 2.29 bits per heavy atom. The highest BCUT2D eigenvalue weighted by molar-refractivity contribution is 6.09. The number of nitrogens with zero attached hydrogens (tertiary/aromatic N) is 2. The molecule has 5 aromatic rings. The number of aromatic carboxylic acids is 1. The van der Waals surface area contributed by atoms with Crippen molar-refractivity contribution in [1.82, 2.24) is 4.57 Å². The number of hydrogen-bond donors (Lipinski definition) is 1. The molecule has 1 N–H and O–H groups in total. The van der Waals surface area contributed by atoms with Gasteiger partial charge in [0.2, 0.25) is 5.90 Å². The van der Waals surface area contributed by atoms with Gasteiger partial charge in [0.15, 0.2) is 11.9 Å². The Hall–Kier alpha value is -4.32. The molecule has 2 unspecified atom stereocenters. The smallest absolute Gasteiger partial charge is 0.335 e. The zero-order chi connectivity index (χ0) is 28.1. The number of carbonyl (C=O) groups is 1. The van der Waals surface area contributed by atoms with Crippen LogP contribution in [-0.4, -0.2) is 21.5 Å². The second-order valence-electron chi connectivity index (χ2n) is 11.2. The third kappa shape index (κ3) is 4.07. The molecule has 0 amide bonds. The molecule has 0 bridgehead atoms. The zero-order valence-corrected chi connectivity index (χ0v) is 23.5. The fourth-order valence-corrected chi connectivity index (χ4v) is 6.74. The van der Waals surface area contributed by atoms with Crippen LogP contribution >= 0.6 is 0 Å². The first-order valence-electron chi connectivity index (χ1n) is 14.8. The first kappa shape index (κ1) is 25.6. The second kappa shape index (κ2) is 10.3. The number of rotatable bonds is 9. The largest absolute Gasteiger partial charge is 0.478 e. The number of carboxylic acid groups (broad SMARTS) is 1. The van der Waals surface area contributed by atoms with Crippen molar-refractivity contribution in [3.8, 4) is 11.1 Å². The molecule has 3 heterocycles. The summed E-state index contributed by atoms with van der Waals surface area (Å²) < 4.78 is 15.8. The van der Waals surface area contributed by atoms with E-state index in [1.165, 1.54) is 35.0 Å². The Balaban J connectivity index is 1.49. The molecule has 6 nitrogen and oxygen atoms in total. The van der Waals surface area contributed by atoms with Gasteiger partial charge in [-0.1, -0.05) is 75.9 Å². The maximum absolute atomic E-state index is 11.5. The third-order valence-electron chi connectivity index (χ3n) is 8.67. The summed E-state index contributed by atoms with van der Waals surface area (Å²) in [5.41, 5.74) is 6.59. The molecule has 208 valence electrons. The van der Waals surface area contributed by atoms with Crippen molar-refractivity contribution in [3.63, 3.8) is 0 Å². The minimum absolute atomic E-state index is 0.237. The van der Waals surface area contributed by atoms with Gasteiger partial charge in [0.1, 0.15) is 11.6 Å². The standard InChI is InChI=1S/C35H34N2O4/c1-3-5-11-23(12-6-4-2)37-26-15-9-7-13-24(26)28-29-25-14-8-10-16-27(25)40-32(29)33-30(31(28)37)36-34(41-33)21-17-19-22(20-18-21)35(38)39/h7-10,13-20,23,30,33H,3-6,11-12H2,1-2H3,(H,38,39). The third-order valence-corrected chi connectivity index (χ3v) is 8.67. The van der Waals surface area contributed by atoms with E-state index in [9.17, 15) is 9.90 Å². The molecule has 1 aliphatic carbocycles. The monoisotopic (exact) mass is 546 g/mol. The lowest BCUT2D eigenvalue weighted by Gasteiger charge is -2.29. The fourth-order valence-electron chi connectivity index (χ4n) is 6.74. The van der Waals surface area contributed by atoms with Crippen LogP contribution in [0.15, 0.2) is 82.2 Å². The lowest BCUT2D eigenvalue weighted by atomic mass is 9.86.